The van der Waals surface area contributed by atoms with Crippen molar-refractivity contribution in [3.63, 3.8) is 0 Å². The van der Waals surface area contributed by atoms with Crippen LogP contribution in [-0.4, -0.2) is 55.0 Å². The zero-order chi connectivity index (χ0) is 32.1. The number of nitrogens with zero attached hydrogens (tertiary/aromatic N) is 4. The van der Waals surface area contributed by atoms with E-state index in [4.69, 9.17) is 18.6 Å². The van der Waals surface area contributed by atoms with Gasteiger partial charge in [-0.25, -0.2) is 19.3 Å². The van der Waals surface area contributed by atoms with Gasteiger partial charge in [0.2, 0.25) is 0 Å². The van der Waals surface area contributed by atoms with Gasteiger partial charge in [-0.05, 0) is 65.6 Å². The first-order valence-electron chi connectivity index (χ1n) is 15.5. The Morgan fingerprint density at radius 1 is 0.886 bits per heavy atom. The number of halogens is 1. The summed E-state index contributed by atoms with van der Waals surface area (Å²) in [5.41, 5.74) is 4.41. The third-order valence-electron chi connectivity index (χ3n) is 9.84. The van der Waals surface area contributed by atoms with E-state index in [9.17, 15) is 4.39 Å². The molecule has 2 aromatic carbocycles. The first-order chi connectivity index (χ1) is 20.5. The molecule has 1 unspecified atom stereocenters. The second kappa shape index (κ2) is 11.9. The van der Waals surface area contributed by atoms with Gasteiger partial charge in [-0.1, -0.05) is 71.9 Å². The Morgan fingerprint density at radius 2 is 1.57 bits per heavy atom. The molecule has 0 saturated carbocycles. The number of rotatable bonds is 8. The summed E-state index contributed by atoms with van der Waals surface area (Å²) in [5.74, 6) is -0.304. The first kappa shape index (κ1) is 32.6. The fraction of sp³-hybridized carbons (Fsp3) is 0.500. The predicted molar refractivity (Wildman–Crippen MR) is 180 cm³/mol. The molecular weight excluding hydrogens is 588 g/mol. The van der Waals surface area contributed by atoms with Crippen LogP contribution >= 0.6 is 0 Å². The summed E-state index contributed by atoms with van der Waals surface area (Å²) in [7, 11) is -4.10. The van der Waals surface area contributed by atoms with Gasteiger partial charge in [0.25, 0.3) is 0 Å². The number of benzene rings is 2. The molecule has 1 fully saturated rings. The van der Waals surface area contributed by atoms with Crippen molar-refractivity contribution in [2.24, 2.45) is 0 Å². The smallest absolute Gasteiger partial charge is 0.192 e. The highest BCUT2D eigenvalue weighted by atomic mass is 28.4. The first-order valence-corrected chi connectivity index (χ1v) is 21.3. The van der Waals surface area contributed by atoms with E-state index >= 15 is 0 Å². The van der Waals surface area contributed by atoms with Gasteiger partial charge >= 0.3 is 0 Å². The molecule has 0 radical (unpaired) electrons. The van der Waals surface area contributed by atoms with Gasteiger partial charge in [-0.15, -0.1) is 0 Å². The molecule has 5 rings (SSSR count). The van der Waals surface area contributed by atoms with E-state index in [1.165, 1.54) is 6.07 Å². The van der Waals surface area contributed by atoms with Gasteiger partial charge in [0.15, 0.2) is 22.3 Å². The summed E-state index contributed by atoms with van der Waals surface area (Å²) < 4.78 is 36.8. The summed E-state index contributed by atoms with van der Waals surface area (Å²) in [5, 5.41) is 0.152. The van der Waals surface area contributed by atoms with Crippen molar-refractivity contribution in [1.29, 1.82) is 0 Å². The molecule has 1 saturated heterocycles. The van der Waals surface area contributed by atoms with Gasteiger partial charge in [0.1, 0.15) is 35.7 Å². The maximum Gasteiger partial charge on any atom is 0.192 e. The molecule has 7 nitrogen and oxygen atoms in total. The Kier molecular flexibility index (Phi) is 8.80. The van der Waals surface area contributed by atoms with E-state index in [0.29, 0.717) is 29.9 Å². The molecule has 0 N–H and O–H groups in total. The van der Waals surface area contributed by atoms with Crippen LogP contribution in [0.2, 0.25) is 36.3 Å². The van der Waals surface area contributed by atoms with Crippen molar-refractivity contribution < 1.29 is 18.0 Å². The molecule has 0 amide bonds. The second-order valence-electron chi connectivity index (χ2n) is 15.0. The van der Waals surface area contributed by atoms with Gasteiger partial charge in [0.05, 0.1) is 19.0 Å². The van der Waals surface area contributed by atoms with E-state index in [0.717, 1.165) is 16.7 Å². The second-order valence-corrected chi connectivity index (χ2v) is 24.5. The monoisotopic (exact) mass is 634 g/mol. The Bertz CT molecular complexity index is 1610. The zero-order valence-electron chi connectivity index (χ0n) is 27.8. The van der Waals surface area contributed by atoms with Gasteiger partial charge in [0, 0.05) is 12.0 Å². The van der Waals surface area contributed by atoms with Gasteiger partial charge < -0.3 is 13.6 Å². The Hall–Kier alpha value is -2.77. The minimum atomic E-state index is -2.09. The van der Waals surface area contributed by atoms with Crippen LogP contribution in [0.3, 0.4) is 0 Å². The predicted octanol–water partition coefficient (Wildman–Crippen LogP) is 9.00. The van der Waals surface area contributed by atoms with Crippen molar-refractivity contribution in [3.8, 4) is 22.4 Å². The molecule has 44 heavy (non-hydrogen) atoms. The average molecular weight is 635 g/mol. The molecule has 10 heteroatoms. The minimum Gasteiger partial charge on any atom is -0.414 e. The number of ether oxygens (including phenoxy) is 1. The number of hydrogen-bond acceptors (Lipinski definition) is 6. The molecule has 1 aliphatic rings. The molecule has 3 atom stereocenters. The standard InChI is InChI=1S/C34H47FN4O3Si2/c1-33(2,3)43(7,8)40-20-28-27(42-44(9,10)34(4,5)6)19-29(41-28)39-22-38-31-30(36-21-37-32(31)39)25-17-16-24(35)18-26(25)23-14-12-11-13-15-23/h11-18,21-22,27-29H,19-20H2,1-10H3/t27-,28+,29?/m1/s1. The lowest BCUT2D eigenvalue weighted by molar-refractivity contribution is -0.0383. The molecule has 4 aromatic rings. The molecule has 236 valence electrons. The fourth-order valence-electron chi connectivity index (χ4n) is 5.05. The summed E-state index contributed by atoms with van der Waals surface area (Å²) in [6, 6.07) is 14.5. The van der Waals surface area contributed by atoms with Crippen LogP contribution in [0, 0.1) is 5.82 Å². The minimum absolute atomic E-state index is 0.0609. The SMILES string of the molecule is CC(C)(C)[Si](C)(C)OC[C@@H]1OC(n2cnc3c(-c4ccc(F)cc4-c4ccccc4)ncnc32)C[C@H]1O[Si](C)(C)C(C)(C)C. The normalized spacial score (nSPS) is 20.0. The van der Waals surface area contributed by atoms with Gasteiger partial charge in [-0.2, -0.15) is 0 Å². The van der Waals surface area contributed by atoms with Crippen molar-refractivity contribution in [3.05, 3.63) is 67.0 Å². The molecule has 2 aromatic heterocycles. The summed E-state index contributed by atoms with van der Waals surface area (Å²) >= 11 is 0. The van der Waals surface area contributed by atoms with Crippen LogP contribution in [0.4, 0.5) is 4.39 Å². The quantitative estimate of drug-likeness (QED) is 0.180. The lowest BCUT2D eigenvalue weighted by Gasteiger charge is -2.40. The highest BCUT2D eigenvalue weighted by molar-refractivity contribution is 6.74. The topological polar surface area (TPSA) is 71.3 Å². The Labute approximate surface area is 263 Å². The largest absolute Gasteiger partial charge is 0.414 e. The van der Waals surface area contributed by atoms with Crippen molar-refractivity contribution >= 4 is 27.8 Å². The Morgan fingerprint density at radius 3 is 2.23 bits per heavy atom. The highest BCUT2D eigenvalue weighted by Gasteiger charge is 2.47. The number of hydrogen-bond donors (Lipinski definition) is 0. The van der Waals surface area contributed by atoms with Crippen LogP contribution in [-0.2, 0) is 13.6 Å². The van der Waals surface area contributed by atoms with Crippen molar-refractivity contribution in [1.82, 2.24) is 19.5 Å². The molecule has 0 bridgehead atoms. The van der Waals surface area contributed by atoms with E-state index in [1.54, 1.807) is 24.8 Å². The number of imidazole rings is 1. The molecular formula is C34H47FN4O3Si2. The summed E-state index contributed by atoms with van der Waals surface area (Å²) in [6.07, 6.45) is 3.32. The lowest BCUT2D eigenvalue weighted by atomic mass is 9.97. The third kappa shape index (κ3) is 6.46. The van der Waals surface area contributed by atoms with Gasteiger partial charge in [-0.3, -0.25) is 4.57 Å². The van der Waals surface area contributed by atoms with Crippen LogP contribution < -0.4 is 0 Å². The maximum atomic E-state index is 14.5. The molecule has 0 spiro atoms. The van der Waals surface area contributed by atoms with Crippen LogP contribution in [0.25, 0.3) is 33.5 Å². The van der Waals surface area contributed by atoms with Crippen molar-refractivity contribution in [2.75, 3.05) is 6.61 Å². The third-order valence-corrected chi connectivity index (χ3v) is 18.8. The van der Waals surface area contributed by atoms with Crippen LogP contribution in [0.15, 0.2) is 61.2 Å². The Balaban J connectivity index is 1.50. The number of aromatic nitrogens is 4. The summed E-state index contributed by atoms with van der Waals surface area (Å²) in [4.78, 5) is 14.1. The van der Waals surface area contributed by atoms with Crippen LogP contribution in [0.1, 0.15) is 54.2 Å². The lowest BCUT2D eigenvalue weighted by Crippen LogP contribution is -2.48. The molecule has 1 aliphatic heterocycles. The fourth-order valence-corrected chi connectivity index (χ4v) is 7.42. The average Bonchev–Trinajstić information content (AvgIpc) is 3.55. The van der Waals surface area contributed by atoms with Crippen molar-refractivity contribution in [2.45, 2.75) is 103 Å². The highest BCUT2D eigenvalue weighted by Crippen LogP contribution is 2.43. The van der Waals surface area contributed by atoms with Crippen LogP contribution in [0.5, 0.6) is 0 Å². The van der Waals surface area contributed by atoms with E-state index in [2.05, 4.69) is 77.7 Å². The maximum absolute atomic E-state index is 14.5. The van der Waals surface area contributed by atoms with E-state index < -0.39 is 16.6 Å². The van der Waals surface area contributed by atoms with E-state index in [-0.39, 0.29) is 34.3 Å². The molecule has 0 aliphatic carbocycles. The zero-order valence-corrected chi connectivity index (χ0v) is 29.8. The number of fused-ring (bicyclic) bond motifs is 1. The van der Waals surface area contributed by atoms with E-state index in [1.807, 2.05) is 34.9 Å². The molecule has 3 heterocycles. The summed E-state index contributed by atoms with van der Waals surface area (Å²) in [6.45, 7) is 23.1.